The topological polar surface area (TPSA) is 126 Å². The number of hydrogen-bond donors (Lipinski definition) is 1. The molecule has 3 aliphatic heterocycles. The number of morpholine rings is 1. The van der Waals surface area contributed by atoms with Gasteiger partial charge in [-0.15, -0.1) is 11.3 Å². The molecule has 5 rings (SSSR count). The van der Waals surface area contributed by atoms with Gasteiger partial charge in [0.25, 0.3) is 11.8 Å². The summed E-state index contributed by atoms with van der Waals surface area (Å²) in [6.07, 6.45) is 2.94. The van der Waals surface area contributed by atoms with Gasteiger partial charge in [-0.1, -0.05) is 6.92 Å². The van der Waals surface area contributed by atoms with Crippen molar-refractivity contribution in [1.29, 1.82) is 0 Å². The van der Waals surface area contributed by atoms with Crippen molar-refractivity contribution in [3.8, 4) is 0 Å². The number of carbonyl (C=O) groups excluding carboxylic acids is 3. The normalized spacial score (nSPS) is 20.0. The second-order valence-electron chi connectivity index (χ2n) is 11.1. The number of benzene rings is 1. The van der Waals surface area contributed by atoms with Gasteiger partial charge in [0, 0.05) is 49.7 Å². The van der Waals surface area contributed by atoms with Crippen LogP contribution in [0.1, 0.15) is 64.3 Å². The maximum Gasteiger partial charge on any atom is 0.310 e. The molecule has 2 amide bonds. The standard InChI is InChI=1S/C30H40N4O7S2/c1-3-12-32-14-11-24-25(20-32)42-28(26(24)29(36)33-15-17-40-18-16-33)31-27(35)21-7-9-23(10-8-21)43(38,39)34-13-5-6-22(19-34)30(37)41-4-2/h7-10,22H,3-6,11-20H2,1-2H3,(H,31,35). The van der Waals surface area contributed by atoms with Crippen molar-refractivity contribution in [3.05, 3.63) is 45.8 Å². The molecular formula is C30H40N4O7S2. The molecule has 1 unspecified atom stereocenters. The average molecular weight is 633 g/mol. The van der Waals surface area contributed by atoms with Crippen LogP contribution in [0.5, 0.6) is 0 Å². The Bertz CT molecular complexity index is 1430. The minimum Gasteiger partial charge on any atom is -0.466 e. The van der Waals surface area contributed by atoms with Gasteiger partial charge in [-0.25, -0.2) is 8.42 Å². The molecule has 0 aliphatic carbocycles. The highest BCUT2D eigenvalue weighted by Crippen LogP contribution is 2.38. The average Bonchev–Trinajstić information content (AvgIpc) is 3.38. The zero-order valence-electron chi connectivity index (χ0n) is 24.8. The molecule has 2 aromatic rings. The summed E-state index contributed by atoms with van der Waals surface area (Å²) < 4.78 is 38.6. The lowest BCUT2D eigenvalue weighted by atomic mass is 10.0. The molecular weight excluding hydrogens is 592 g/mol. The molecule has 0 radical (unpaired) electrons. The Morgan fingerprint density at radius 2 is 1.81 bits per heavy atom. The molecule has 11 nitrogen and oxygen atoms in total. The van der Waals surface area contributed by atoms with Crippen molar-refractivity contribution in [1.82, 2.24) is 14.1 Å². The molecule has 2 saturated heterocycles. The highest BCUT2D eigenvalue weighted by Gasteiger charge is 2.35. The van der Waals surface area contributed by atoms with Gasteiger partial charge < -0.3 is 19.7 Å². The summed E-state index contributed by atoms with van der Waals surface area (Å²) >= 11 is 1.45. The van der Waals surface area contributed by atoms with Crippen molar-refractivity contribution in [2.75, 3.05) is 64.4 Å². The molecule has 234 valence electrons. The molecule has 0 bridgehead atoms. The molecule has 1 aromatic heterocycles. The Labute approximate surface area is 257 Å². The second kappa shape index (κ2) is 13.9. The Morgan fingerprint density at radius 1 is 1.07 bits per heavy atom. The van der Waals surface area contributed by atoms with Crippen LogP contribution in [0, 0.1) is 5.92 Å². The third-order valence-corrected chi connectivity index (χ3v) is 11.2. The molecule has 43 heavy (non-hydrogen) atoms. The van der Waals surface area contributed by atoms with E-state index in [1.807, 2.05) is 0 Å². The number of rotatable bonds is 9. The number of thiophene rings is 1. The molecule has 4 heterocycles. The second-order valence-corrected chi connectivity index (χ2v) is 14.1. The number of anilines is 1. The summed E-state index contributed by atoms with van der Waals surface area (Å²) in [7, 11) is -3.86. The van der Waals surface area contributed by atoms with Gasteiger partial charge in [0.2, 0.25) is 10.0 Å². The van der Waals surface area contributed by atoms with Crippen LogP contribution in [-0.2, 0) is 37.3 Å². The van der Waals surface area contributed by atoms with Gasteiger partial charge in [0.15, 0.2) is 0 Å². The van der Waals surface area contributed by atoms with Crippen LogP contribution >= 0.6 is 11.3 Å². The number of nitrogens with zero attached hydrogens (tertiary/aromatic N) is 3. The summed E-state index contributed by atoms with van der Waals surface area (Å²) in [6, 6.07) is 5.80. The molecule has 1 atom stereocenters. The minimum absolute atomic E-state index is 0.0550. The van der Waals surface area contributed by atoms with E-state index < -0.39 is 21.8 Å². The molecule has 0 spiro atoms. The number of carbonyl (C=O) groups is 3. The fourth-order valence-corrected chi connectivity index (χ4v) is 8.72. The highest BCUT2D eigenvalue weighted by molar-refractivity contribution is 7.89. The van der Waals surface area contributed by atoms with E-state index in [2.05, 4.69) is 17.1 Å². The van der Waals surface area contributed by atoms with E-state index in [-0.39, 0.29) is 35.5 Å². The summed E-state index contributed by atoms with van der Waals surface area (Å²) in [5.74, 6) is -1.38. The lowest BCUT2D eigenvalue weighted by Gasteiger charge is -2.30. The van der Waals surface area contributed by atoms with Gasteiger partial charge in [-0.05, 0) is 69.0 Å². The zero-order chi connectivity index (χ0) is 30.6. The Hall–Kier alpha value is -2.84. The van der Waals surface area contributed by atoms with Crippen LogP contribution in [0.15, 0.2) is 29.2 Å². The van der Waals surface area contributed by atoms with Crippen molar-refractivity contribution >= 4 is 44.1 Å². The molecule has 2 fully saturated rings. The Kier molecular flexibility index (Phi) is 10.2. The molecule has 3 aliphatic rings. The first-order valence-corrected chi connectivity index (χ1v) is 17.3. The lowest BCUT2D eigenvalue weighted by Crippen LogP contribution is -2.42. The number of piperidine rings is 1. The van der Waals surface area contributed by atoms with Crippen LogP contribution in [0.4, 0.5) is 5.00 Å². The van der Waals surface area contributed by atoms with Crippen LogP contribution in [0.2, 0.25) is 0 Å². The van der Waals surface area contributed by atoms with E-state index in [1.165, 1.54) is 39.9 Å². The first kappa shape index (κ1) is 31.6. The molecule has 1 N–H and O–H groups in total. The van der Waals surface area contributed by atoms with E-state index in [4.69, 9.17) is 9.47 Å². The molecule has 0 saturated carbocycles. The Balaban J connectivity index is 1.34. The fourth-order valence-electron chi connectivity index (χ4n) is 5.92. The van der Waals surface area contributed by atoms with Crippen molar-refractivity contribution in [2.45, 2.75) is 51.0 Å². The third-order valence-electron chi connectivity index (χ3n) is 8.17. The Morgan fingerprint density at radius 3 is 2.51 bits per heavy atom. The third kappa shape index (κ3) is 6.96. The number of fused-ring (bicyclic) bond motifs is 1. The summed E-state index contributed by atoms with van der Waals surface area (Å²) in [5.41, 5.74) is 1.85. The molecule has 13 heteroatoms. The largest absolute Gasteiger partial charge is 0.466 e. The number of hydrogen-bond acceptors (Lipinski definition) is 9. The van der Waals surface area contributed by atoms with Gasteiger partial charge in [-0.3, -0.25) is 19.3 Å². The van der Waals surface area contributed by atoms with Gasteiger partial charge >= 0.3 is 5.97 Å². The predicted octanol–water partition coefficient (Wildman–Crippen LogP) is 3.20. The van der Waals surface area contributed by atoms with E-state index >= 15 is 0 Å². The fraction of sp³-hybridized carbons (Fsp3) is 0.567. The first-order valence-electron chi connectivity index (χ1n) is 15.0. The van der Waals surface area contributed by atoms with Crippen molar-refractivity contribution < 1.29 is 32.3 Å². The highest BCUT2D eigenvalue weighted by atomic mass is 32.2. The number of sulfonamides is 1. The lowest BCUT2D eigenvalue weighted by molar-refractivity contribution is -0.149. The predicted molar refractivity (Wildman–Crippen MR) is 163 cm³/mol. The zero-order valence-corrected chi connectivity index (χ0v) is 26.4. The van der Waals surface area contributed by atoms with Crippen LogP contribution < -0.4 is 5.32 Å². The van der Waals surface area contributed by atoms with Crippen molar-refractivity contribution in [3.63, 3.8) is 0 Å². The summed E-state index contributed by atoms with van der Waals surface area (Å²) in [4.78, 5) is 44.6. The van der Waals surface area contributed by atoms with Crippen LogP contribution in [-0.4, -0.2) is 99.4 Å². The summed E-state index contributed by atoms with van der Waals surface area (Å²) in [5, 5.41) is 3.50. The first-order chi connectivity index (χ1) is 20.7. The quantitative estimate of drug-likeness (QED) is 0.418. The van der Waals surface area contributed by atoms with Crippen LogP contribution in [0.3, 0.4) is 0 Å². The monoisotopic (exact) mass is 632 g/mol. The van der Waals surface area contributed by atoms with Gasteiger partial charge in [0.05, 0.1) is 36.2 Å². The van der Waals surface area contributed by atoms with E-state index in [0.717, 1.165) is 42.9 Å². The van der Waals surface area contributed by atoms with E-state index in [9.17, 15) is 22.8 Å². The molecule has 1 aromatic carbocycles. The van der Waals surface area contributed by atoms with Gasteiger partial charge in [-0.2, -0.15) is 4.31 Å². The number of esters is 1. The number of ether oxygens (including phenoxy) is 2. The van der Waals surface area contributed by atoms with E-state index in [0.29, 0.717) is 56.3 Å². The maximum atomic E-state index is 13.7. The smallest absolute Gasteiger partial charge is 0.310 e. The van der Waals surface area contributed by atoms with Crippen molar-refractivity contribution in [2.24, 2.45) is 5.92 Å². The number of nitrogens with one attached hydrogen (secondary N) is 1. The minimum atomic E-state index is -3.86. The SMILES string of the molecule is CCCN1CCc2c(sc(NC(=O)c3ccc(S(=O)(=O)N4CCCC(C(=O)OCC)C4)cc3)c2C(=O)N2CCOCC2)C1. The van der Waals surface area contributed by atoms with E-state index in [1.54, 1.807) is 11.8 Å². The van der Waals surface area contributed by atoms with Gasteiger partial charge in [0.1, 0.15) is 5.00 Å². The number of amides is 2. The summed E-state index contributed by atoms with van der Waals surface area (Å²) in [6.45, 7) is 9.08. The maximum absolute atomic E-state index is 13.7. The van der Waals surface area contributed by atoms with Crippen LogP contribution in [0.25, 0.3) is 0 Å².